The minimum Gasteiger partial charge on any atom is -0.381 e. The highest BCUT2D eigenvalue weighted by Crippen LogP contribution is 2.23. The van der Waals surface area contributed by atoms with E-state index < -0.39 is 17.7 Å². The Morgan fingerprint density at radius 1 is 1.35 bits per heavy atom. The topological polar surface area (TPSA) is 77.2 Å². The van der Waals surface area contributed by atoms with Gasteiger partial charge >= 0.3 is 0 Å². The van der Waals surface area contributed by atoms with Crippen molar-refractivity contribution in [3.05, 3.63) is 46.5 Å². The van der Waals surface area contributed by atoms with Gasteiger partial charge < -0.3 is 15.8 Å². The number of aromatic nitrogens is 1. The molecule has 26 heavy (non-hydrogen) atoms. The van der Waals surface area contributed by atoms with Gasteiger partial charge in [-0.05, 0) is 36.5 Å². The van der Waals surface area contributed by atoms with Gasteiger partial charge in [0.1, 0.15) is 0 Å². The SMILES string of the molecule is Cl.NC(C(=O)Nc1ncc(Cc2ccc(F)c(F)c2)s1)C1CCOCC1. The van der Waals surface area contributed by atoms with Gasteiger partial charge in [0, 0.05) is 30.7 Å². The average molecular weight is 404 g/mol. The summed E-state index contributed by atoms with van der Waals surface area (Å²) in [6.45, 7) is 1.25. The summed E-state index contributed by atoms with van der Waals surface area (Å²) in [6.07, 6.45) is 3.57. The minimum atomic E-state index is -0.877. The molecule has 1 aliphatic rings. The number of carbonyl (C=O) groups excluding carboxylic acids is 1. The summed E-state index contributed by atoms with van der Waals surface area (Å²) in [6, 6.07) is 3.19. The zero-order chi connectivity index (χ0) is 17.8. The molecule has 9 heteroatoms. The van der Waals surface area contributed by atoms with Gasteiger partial charge in [-0.25, -0.2) is 13.8 Å². The summed E-state index contributed by atoms with van der Waals surface area (Å²) in [5.41, 5.74) is 6.67. The Bertz CT molecular complexity index is 753. The van der Waals surface area contributed by atoms with Gasteiger partial charge in [0.25, 0.3) is 0 Å². The van der Waals surface area contributed by atoms with Crippen molar-refractivity contribution in [2.75, 3.05) is 18.5 Å². The largest absolute Gasteiger partial charge is 0.381 e. The van der Waals surface area contributed by atoms with Crippen molar-refractivity contribution < 1.29 is 18.3 Å². The standard InChI is InChI=1S/C17H19F2N3O2S.ClH/c18-13-2-1-10(8-14(13)19)7-12-9-21-17(25-12)22-16(23)15(20)11-3-5-24-6-4-11;/h1-2,8-9,11,15H,3-7,20H2,(H,21,22,23);1H. The molecule has 0 saturated carbocycles. The Kier molecular flexibility index (Phi) is 7.45. The third-order valence-electron chi connectivity index (χ3n) is 4.22. The molecule has 142 valence electrons. The number of amides is 1. The second kappa shape index (κ2) is 9.36. The van der Waals surface area contributed by atoms with Crippen molar-refractivity contribution >= 4 is 34.8 Å². The van der Waals surface area contributed by atoms with Gasteiger partial charge in [0.2, 0.25) is 5.91 Å². The predicted octanol–water partition coefficient (Wildman–Crippen LogP) is 3.13. The van der Waals surface area contributed by atoms with Gasteiger partial charge in [-0.1, -0.05) is 6.07 Å². The molecule has 3 N–H and O–H groups in total. The number of nitrogens with two attached hydrogens (primary N) is 1. The molecule has 1 aliphatic heterocycles. The lowest BCUT2D eigenvalue weighted by Gasteiger charge is -2.26. The number of nitrogens with one attached hydrogen (secondary N) is 1. The smallest absolute Gasteiger partial charge is 0.243 e. The zero-order valence-corrected chi connectivity index (χ0v) is 15.5. The Labute approximate surface area is 160 Å². The predicted molar refractivity (Wildman–Crippen MR) is 98.7 cm³/mol. The molecule has 1 aromatic heterocycles. The first-order chi connectivity index (χ1) is 12.0. The van der Waals surface area contributed by atoms with Crippen molar-refractivity contribution in [2.45, 2.75) is 25.3 Å². The lowest BCUT2D eigenvalue weighted by Crippen LogP contribution is -2.43. The number of carbonyl (C=O) groups is 1. The number of rotatable bonds is 5. The third-order valence-corrected chi connectivity index (χ3v) is 5.14. The fourth-order valence-electron chi connectivity index (χ4n) is 2.78. The van der Waals surface area contributed by atoms with Crippen LogP contribution in [-0.4, -0.2) is 30.1 Å². The van der Waals surface area contributed by atoms with Crippen LogP contribution in [0.5, 0.6) is 0 Å². The molecule has 2 heterocycles. The van der Waals surface area contributed by atoms with Crippen LogP contribution in [0, 0.1) is 17.6 Å². The van der Waals surface area contributed by atoms with E-state index >= 15 is 0 Å². The van der Waals surface area contributed by atoms with E-state index in [9.17, 15) is 13.6 Å². The number of nitrogens with zero attached hydrogens (tertiary/aromatic N) is 1. The third kappa shape index (κ3) is 5.20. The maximum atomic E-state index is 13.3. The van der Waals surface area contributed by atoms with Crippen molar-refractivity contribution in [1.82, 2.24) is 4.98 Å². The first-order valence-corrected chi connectivity index (χ1v) is 8.87. The van der Waals surface area contributed by atoms with Crippen LogP contribution in [0.4, 0.5) is 13.9 Å². The molecule has 0 aliphatic carbocycles. The van der Waals surface area contributed by atoms with E-state index in [1.54, 1.807) is 6.20 Å². The fourth-order valence-corrected chi connectivity index (χ4v) is 3.63. The zero-order valence-electron chi connectivity index (χ0n) is 13.9. The number of hydrogen-bond acceptors (Lipinski definition) is 5. The number of halogens is 3. The highest BCUT2D eigenvalue weighted by molar-refractivity contribution is 7.15. The average Bonchev–Trinajstić information content (AvgIpc) is 3.05. The number of thiazole rings is 1. The molecule has 1 saturated heterocycles. The highest BCUT2D eigenvalue weighted by atomic mass is 35.5. The summed E-state index contributed by atoms with van der Waals surface area (Å²) >= 11 is 1.29. The van der Waals surface area contributed by atoms with E-state index in [1.165, 1.54) is 17.4 Å². The van der Waals surface area contributed by atoms with Crippen molar-refractivity contribution in [2.24, 2.45) is 11.7 Å². The van der Waals surface area contributed by atoms with E-state index in [0.717, 1.165) is 29.9 Å². The molecular weight excluding hydrogens is 384 g/mol. The molecule has 1 amide bonds. The van der Waals surface area contributed by atoms with Crippen molar-refractivity contribution in [3.63, 3.8) is 0 Å². The Morgan fingerprint density at radius 2 is 2.08 bits per heavy atom. The molecule has 0 radical (unpaired) electrons. The van der Waals surface area contributed by atoms with Crippen LogP contribution in [0.1, 0.15) is 23.3 Å². The normalized spacial score (nSPS) is 16.0. The summed E-state index contributed by atoms with van der Waals surface area (Å²) in [4.78, 5) is 17.3. The molecular formula is C17H20ClF2N3O2S. The van der Waals surface area contributed by atoms with Crippen LogP contribution >= 0.6 is 23.7 Å². The second-order valence-corrected chi connectivity index (χ2v) is 7.14. The van der Waals surface area contributed by atoms with E-state index in [-0.39, 0.29) is 24.2 Å². The maximum absolute atomic E-state index is 13.3. The number of hydrogen-bond donors (Lipinski definition) is 2. The lowest BCUT2D eigenvalue weighted by molar-refractivity contribution is -0.119. The Hall–Kier alpha value is -1.61. The van der Waals surface area contributed by atoms with Crippen molar-refractivity contribution in [3.8, 4) is 0 Å². The van der Waals surface area contributed by atoms with E-state index in [4.69, 9.17) is 10.5 Å². The number of benzene rings is 1. The van der Waals surface area contributed by atoms with Crippen LogP contribution in [0.2, 0.25) is 0 Å². The molecule has 3 rings (SSSR count). The Balaban J connectivity index is 0.00000243. The fraction of sp³-hybridized carbons (Fsp3) is 0.412. The van der Waals surface area contributed by atoms with Crippen LogP contribution < -0.4 is 11.1 Å². The number of ether oxygens (including phenoxy) is 1. The van der Waals surface area contributed by atoms with Gasteiger partial charge in [-0.3, -0.25) is 4.79 Å². The van der Waals surface area contributed by atoms with Gasteiger partial charge in [0.15, 0.2) is 16.8 Å². The highest BCUT2D eigenvalue weighted by Gasteiger charge is 2.27. The van der Waals surface area contributed by atoms with Crippen LogP contribution in [-0.2, 0) is 16.0 Å². The van der Waals surface area contributed by atoms with Gasteiger partial charge in [0.05, 0.1) is 6.04 Å². The van der Waals surface area contributed by atoms with Gasteiger partial charge in [-0.15, -0.1) is 23.7 Å². The first-order valence-electron chi connectivity index (χ1n) is 8.06. The molecule has 5 nitrogen and oxygen atoms in total. The molecule has 0 spiro atoms. The minimum absolute atomic E-state index is 0. The Morgan fingerprint density at radius 3 is 2.77 bits per heavy atom. The molecule has 1 fully saturated rings. The quantitative estimate of drug-likeness (QED) is 0.804. The molecule has 1 atom stereocenters. The van der Waals surface area contributed by atoms with E-state index in [1.807, 2.05) is 0 Å². The van der Waals surface area contributed by atoms with Crippen LogP contribution in [0.15, 0.2) is 24.4 Å². The van der Waals surface area contributed by atoms with Crippen LogP contribution in [0.3, 0.4) is 0 Å². The number of anilines is 1. The monoisotopic (exact) mass is 403 g/mol. The second-order valence-electron chi connectivity index (χ2n) is 6.02. The first kappa shape index (κ1) is 20.7. The van der Waals surface area contributed by atoms with Gasteiger partial charge in [-0.2, -0.15) is 0 Å². The summed E-state index contributed by atoms with van der Waals surface area (Å²) in [7, 11) is 0. The summed E-state index contributed by atoms with van der Waals surface area (Å²) in [5.74, 6) is -1.91. The van der Waals surface area contributed by atoms with Crippen molar-refractivity contribution in [1.29, 1.82) is 0 Å². The molecule has 0 bridgehead atoms. The van der Waals surface area contributed by atoms with E-state index in [2.05, 4.69) is 10.3 Å². The maximum Gasteiger partial charge on any atom is 0.243 e. The molecule has 1 unspecified atom stereocenters. The lowest BCUT2D eigenvalue weighted by atomic mass is 9.92. The van der Waals surface area contributed by atoms with E-state index in [0.29, 0.717) is 30.3 Å². The summed E-state index contributed by atoms with van der Waals surface area (Å²) in [5, 5.41) is 3.18. The molecule has 1 aromatic carbocycles. The summed E-state index contributed by atoms with van der Waals surface area (Å²) < 4.78 is 31.5. The van der Waals surface area contributed by atoms with Crippen LogP contribution in [0.25, 0.3) is 0 Å². The molecule has 2 aromatic rings.